The van der Waals surface area contributed by atoms with Gasteiger partial charge in [0.05, 0.1) is 23.8 Å². The number of fused-ring (bicyclic) bond motifs is 12. The third kappa shape index (κ3) is 4.19. The van der Waals surface area contributed by atoms with Gasteiger partial charge in [0.1, 0.15) is 11.9 Å². The molecule has 6 aromatic carbocycles. The highest BCUT2D eigenvalue weighted by atomic mass is 32.1. The number of nitrogens with zero attached hydrogens (tertiary/aromatic N) is 1. The molecule has 4 aliphatic rings. The summed E-state index contributed by atoms with van der Waals surface area (Å²) < 4.78 is 15.7. The summed E-state index contributed by atoms with van der Waals surface area (Å²) in [5.74, 6) is 1.14. The fourth-order valence-electron chi connectivity index (χ4n) is 8.56. The molecule has 0 spiro atoms. The molecule has 4 heteroatoms. The number of hydrogen-bond donors (Lipinski definition) is 0. The first-order valence-electron chi connectivity index (χ1n) is 17.3. The highest BCUT2D eigenvalue weighted by molar-refractivity contribution is 7.26. The van der Waals surface area contributed by atoms with Crippen molar-refractivity contribution in [1.82, 2.24) is 0 Å². The standard InChI is InChI=1S/C46H31NO2S/c1-3-10-28(11-4-1)29-18-21-32(22-19-29)47(31-12-5-2-6-13-31)37-15-9-17-42-43(37)36-26-30(20-25-41(36)50-42)34-27-35-33-14-7-8-16-38(33)49-46(35)45-40-24-23-39(48-40)44(34)45/h1-27,39-40,45-46H. The third-order valence-electron chi connectivity index (χ3n) is 10.8. The summed E-state index contributed by atoms with van der Waals surface area (Å²) in [5, 5.41) is 2.54. The number of rotatable bonds is 5. The molecule has 0 radical (unpaired) electrons. The van der Waals surface area contributed by atoms with Gasteiger partial charge in [-0.3, -0.25) is 0 Å². The molecule has 11 rings (SSSR count). The lowest BCUT2D eigenvalue weighted by atomic mass is 9.73. The van der Waals surface area contributed by atoms with E-state index in [1.54, 1.807) is 0 Å². The van der Waals surface area contributed by atoms with Gasteiger partial charge in [0, 0.05) is 42.7 Å². The second kappa shape index (κ2) is 10.9. The van der Waals surface area contributed by atoms with Crippen molar-refractivity contribution in [2.75, 3.05) is 4.90 Å². The molecule has 4 unspecified atom stereocenters. The van der Waals surface area contributed by atoms with Crippen molar-refractivity contribution in [3.8, 4) is 16.9 Å². The average Bonchev–Trinajstić information content (AvgIpc) is 3.97. The minimum absolute atomic E-state index is 0.0111. The topological polar surface area (TPSA) is 21.7 Å². The van der Waals surface area contributed by atoms with Gasteiger partial charge in [-0.05, 0) is 88.5 Å². The summed E-state index contributed by atoms with van der Waals surface area (Å²) >= 11 is 1.86. The first-order valence-corrected chi connectivity index (χ1v) is 18.1. The van der Waals surface area contributed by atoms with Gasteiger partial charge in [-0.1, -0.05) is 103 Å². The fourth-order valence-corrected chi connectivity index (χ4v) is 9.67. The first-order chi connectivity index (χ1) is 24.8. The Hall–Kier alpha value is -5.68. The van der Waals surface area contributed by atoms with E-state index in [1.807, 2.05) is 11.3 Å². The smallest absolute Gasteiger partial charge is 0.134 e. The normalized spacial score (nSPS) is 21.2. The molecule has 2 bridgehead atoms. The third-order valence-corrected chi connectivity index (χ3v) is 11.9. The molecule has 0 saturated carbocycles. The van der Waals surface area contributed by atoms with Gasteiger partial charge in [-0.2, -0.15) is 0 Å². The van der Waals surface area contributed by atoms with E-state index in [4.69, 9.17) is 9.47 Å². The Balaban J connectivity index is 1.10. The molecule has 1 aromatic heterocycles. The molecule has 4 heterocycles. The Morgan fingerprint density at radius 1 is 0.600 bits per heavy atom. The second-order valence-corrected chi connectivity index (χ2v) is 14.6. The van der Waals surface area contributed by atoms with Crippen LogP contribution >= 0.6 is 11.3 Å². The van der Waals surface area contributed by atoms with Gasteiger partial charge >= 0.3 is 0 Å². The van der Waals surface area contributed by atoms with E-state index in [2.05, 4.69) is 169 Å². The number of anilines is 3. The molecule has 1 saturated heterocycles. The minimum Gasteiger partial charge on any atom is -0.484 e. The molecule has 3 nitrogen and oxygen atoms in total. The fraction of sp³-hybridized carbons (Fsp3) is 0.0870. The van der Waals surface area contributed by atoms with Crippen molar-refractivity contribution in [3.05, 3.63) is 181 Å². The van der Waals surface area contributed by atoms with Gasteiger partial charge in [-0.25, -0.2) is 0 Å². The lowest BCUT2D eigenvalue weighted by molar-refractivity contribution is 0.0889. The van der Waals surface area contributed by atoms with Crippen molar-refractivity contribution in [2.45, 2.75) is 18.3 Å². The molecular weight excluding hydrogens is 631 g/mol. The molecular formula is C46H31NO2S. The SMILES string of the molecule is C1=CC2OC1C1=C(c3ccc4sc5cccc(N(c6ccccc6)c6ccc(-c7ccccc7)cc6)c5c4c3)C=C3c4ccccc4OC3C12. The zero-order valence-corrected chi connectivity index (χ0v) is 27.9. The number of benzene rings is 6. The van der Waals surface area contributed by atoms with Crippen molar-refractivity contribution >= 4 is 59.7 Å². The summed E-state index contributed by atoms with van der Waals surface area (Å²) in [7, 11) is 0. The zero-order valence-electron chi connectivity index (χ0n) is 27.1. The Morgan fingerprint density at radius 2 is 1.34 bits per heavy atom. The monoisotopic (exact) mass is 661 g/mol. The molecule has 0 N–H and O–H groups in total. The molecule has 4 atom stereocenters. The van der Waals surface area contributed by atoms with Crippen molar-refractivity contribution in [2.24, 2.45) is 5.92 Å². The van der Waals surface area contributed by atoms with Crippen LogP contribution in [0, 0.1) is 5.92 Å². The van der Waals surface area contributed by atoms with E-state index in [0.717, 1.165) is 17.1 Å². The lowest BCUT2D eigenvalue weighted by Crippen LogP contribution is -2.34. The molecule has 0 amide bonds. The maximum atomic E-state index is 6.62. The van der Waals surface area contributed by atoms with E-state index in [-0.39, 0.29) is 24.2 Å². The Labute approximate surface area is 294 Å². The van der Waals surface area contributed by atoms with Crippen LogP contribution in [0.15, 0.2) is 169 Å². The highest BCUT2D eigenvalue weighted by Crippen LogP contribution is 2.55. The summed E-state index contributed by atoms with van der Waals surface area (Å²) in [6, 6.07) is 52.5. The van der Waals surface area contributed by atoms with E-state index >= 15 is 0 Å². The number of allylic oxidation sites excluding steroid dienone is 2. The molecule has 3 aliphatic heterocycles. The van der Waals surface area contributed by atoms with Crippen LogP contribution in [0.1, 0.15) is 11.1 Å². The predicted octanol–water partition coefficient (Wildman–Crippen LogP) is 11.8. The summed E-state index contributed by atoms with van der Waals surface area (Å²) in [6.07, 6.45) is 6.87. The van der Waals surface area contributed by atoms with Crippen LogP contribution in [0.3, 0.4) is 0 Å². The molecule has 7 aromatic rings. The Bertz CT molecular complexity index is 2560. The Kier molecular flexibility index (Phi) is 6.15. The van der Waals surface area contributed by atoms with E-state index in [1.165, 1.54) is 64.8 Å². The quantitative estimate of drug-likeness (QED) is 0.171. The van der Waals surface area contributed by atoms with Crippen LogP contribution in [0.25, 0.3) is 42.4 Å². The number of para-hydroxylation sites is 2. The van der Waals surface area contributed by atoms with Crippen molar-refractivity contribution < 1.29 is 9.47 Å². The van der Waals surface area contributed by atoms with Crippen LogP contribution < -0.4 is 9.64 Å². The maximum Gasteiger partial charge on any atom is 0.134 e. The van der Waals surface area contributed by atoms with E-state index in [9.17, 15) is 0 Å². The van der Waals surface area contributed by atoms with Crippen LogP contribution in [-0.2, 0) is 4.74 Å². The molecule has 1 aliphatic carbocycles. The summed E-state index contributed by atoms with van der Waals surface area (Å²) in [6.45, 7) is 0. The average molecular weight is 662 g/mol. The minimum atomic E-state index is -0.0175. The van der Waals surface area contributed by atoms with Crippen LogP contribution in [0.4, 0.5) is 17.1 Å². The largest absolute Gasteiger partial charge is 0.484 e. The highest BCUT2D eigenvalue weighted by Gasteiger charge is 2.52. The molecule has 1 fully saturated rings. The number of hydrogen-bond acceptors (Lipinski definition) is 4. The van der Waals surface area contributed by atoms with Gasteiger partial charge in [-0.15, -0.1) is 11.3 Å². The first kappa shape index (κ1) is 28.2. The lowest BCUT2D eigenvalue weighted by Gasteiger charge is -2.31. The number of thiophene rings is 1. The van der Waals surface area contributed by atoms with Crippen molar-refractivity contribution in [1.29, 1.82) is 0 Å². The molecule has 50 heavy (non-hydrogen) atoms. The van der Waals surface area contributed by atoms with Gasteiger partial charge < -0.3 is 14.4 Å². The summed E-state index contributed by atoms with van der Waals surface area (Å²) in [5.41, 5.74) is 12.2. The van der Waals surface area contributed by atoms with Crippen molar-refractivity contribution in [3.63, 3.8) is 0 Å². The van der Waals surface area contributed by atoms with Crippen LogP contribution in [0.2, 0.25) is 0 Å². The van der Waals surface area contributed by atoms with Crippen LogP contribution in [-0.4, -0.2) is 18.3 Å². The van der Waals surface area contributed by atoms with Gasteiger partial charge in [0.15, 0.2) is 0 Å². The second-order valence-electron chi connectivity index (χ2n) is 13.5. The van der Waals surface area contributed by atoms with Gasteiger partial charge in [0.25, 0.3) is 0 Å². The number of ether oxygens (including phenoxy) is 2. The zero-order chi connectivity index (χ0) is 32.8. The maximum absolute atomic E-state index is 6.62. The van der Waals surface area contributed by atoms with E-state index < -0.39 is 0 Å². The van der Waals surface area contributed by atoms with Crippen LogP contribution in [0.5, 0.6) is 5.75 Å². The summed E-state index contributed by atoms with van der Waals surface area (Å²) in [4.78, 5) is 2.41. The van der Waals surface area contributed by atoms with Gasteiger partial charge in [0.2, 0.25) is 0 Å². The Morgan fingerprint density at radius 3 is 2.20 bits per heavy atom. The van der Waals surface area contributed by atoms with E-state index in [0.29, 0.717) is 0 Å². The predicted molar refractivity (Wildman–Crippen MR) is 206 cm³/mol. The molecule has 238 valence electrons.